The lowest BCUT2D eigenvalue weighted by Gasteiger charge is -2.51. The van der Waals surface area contributed by atoms with Gasteiger partial charge in [0, 0.05) is 26.2 Å². The molecule has 7 atom stereocenters. The smallest absolute Gasteiger partial charge is 0.140 e. The summed E-state index contributed by atoms with van der Waals surface area (Å²) in [5.74, 6) is 1.39. The zero-order valence-electron chi connectivity index (χ0n) is 22.0. The molecular weight excluding hydrogens is 424 g/mol. The highest BCUT2D eigenvalue weighted by atomic mass is 16.5. The summed E-state index contributed by atoms with van der Waals surface area (Å²) in [5, 5.41) is 11.6. The molecule has 0 aromatic heterocycles. The van der Waals surface area contributed by atoms with Crippen LogP contribution in [-0.2, 0) is 9.47 Å². The Morgan fingerprint density at radius 3 is 2.26 bits per heavy atom. The molecule has 1 N–H and O–H groups in total. The lowest BCUT2D eigenvalue weighted by atomic mass is 9.84. The van der Waals surface area contributed by atoms with E-state index in [2.05, 4.69) is 16.7 Å². The van der Waals surface area contributed by atoms with Gasteiger partial charge in [-0.2, -0.15) is 0 Å². The van der Waals surface area contributed by atoms with Crippen molar-refractivity contribution in [3.05, 3.63) is 0 Å². The Hall–Kier alpha value is -0.200. The number of rotatable bonds is 0. The van der Waals surface area contributed by atoms with E-state index in [1.54, 1.807) is 0 Å². The monoisotopic (exact) mass is 476 g/mol. The molecule has 34 heavy (non-hydrogen) atoms. The van der Waals surface area contributed by atoms with Gasteiger partial charge in [-0.15, -0.1) is 0 Å². The van der Waals surface area contributed by atoms with E-state index in [0.717, 1.165) is 51.1 Å². The van der Waals surface area contributed by atoms with Crippen molar-refractivity contribution in [3.8, 4) is 0 Å². The summed E-state index contributed by atoms with van der Waals surface area (Å²) in [6.45, 7) is 7.08. The topological polar surface area (TPSA) is 45.2 Å². The maximum absolute atomic E-state index is 11.6. The minimum absolute atomic E-state index is 0.0618. The van der Waals surface area contributed by atoms with E-state index in [0.29, 0.717) is 24.4 Å². The van der Waals surface area contributed by atoms with Gasteiger partial charge in [0.1, 0.15) is 18.1 Å². The summed E-state index contributed by atoms with van der Waals surface area (Å²) in [4.78, 5) is 5.12. The second-order valence-corrected chi connectivity index (χ2v) is 12.5. The molecule has 5 aliphatic heterocycles. The highest BCUT2D eigenvalue weighted by Gasteiger charge is 2.46. The fourth-order valence-corrected chi connectivity index (χ4v) is 7.85. The van der Waals surface area contributed by atoms with Gasteiger partial charge < -0.3 is 14.6 Å². The van der Waals surface area contributed by atoms with E-state index in [4.69, 9.17) is 9.47 Å². The summed E-state index contributed by atoms with van der Waals surface area (Å²) in [6, 6.07) is 0. The number of hydrogen-bond donors (Lipinski definition) is 1. The average molecular weight is 477 g/mol. The number of aliphatic hydroxyl groups is 1. The lowest BCUT2D eigenvalue weighted by Crippen LogP contribution is -2.61. The van der Waals surface area contributed by atoms with Crippen molar-refractivity contribution in [2.45, 2.75) is 146 Å². The molecule has 5 aliphatic rings. The maximum Gasteiger partial charge on any atom is 0.140 e. The first-order valence-corrected chi connectivity index (χ1v) is 15.1. The second-order valence-electron chi connectivity index (χ2n) is 12.5. The number of piperidine rings is 2. The SMILES string of the molecule is C[C@@H]1CN2CCC[C@H]3CCCCCC[C@H]4CCN5CCC[C@@](O)(CCCCCC[C@@H]1O[C@@H]32)[C@@H]5O4. The first kappa shape index (κ1) is 25.4. The minimum Gasteiger partial charge on any atom is -0.386 e. The summed E-state index contributed by atoms with van der Waals surface area (Å²) < 4.78 is 13.4. The predicted octanol–water partition coefficient (Wildman–Crippen LogP) is 5.70. The van der Waals surface area contributed by atoms with E-state index >= 15 is 0 Å². The van der Waals surface area contributed by atoms with E-state index < -0.39 is 5.60 Å². The van der Waals surface area contributed by atoms with Crippen LogP contribution in [0.4, 0.5) is 0 Å². The molecule has 0 aromatic rings. The van der Waals surface area contributed by atoms with Crippen LogP contribution in [0, 0.1) is 11.8 Å². The Kier molecular flexibility index (Phi) is 8.91. The molecule has 5 nitrogen and oxygen atoms in total. The van der Waals surface area contributed by atoms with E-state index in [1.165, 1.54) is 90.1 Å². The predicted molar refractivity (Wildman–Crippen MR) is 137 cm³/mol. The molecule has 5 heteroatoms. The van der Waals surface area contributed by atoms with Crippen molar-refractivity contribution in [2.75, 3.05) is 26.2 Å². The Morgan fingerprint density at radius 2 is 1.38 bits per heavy atom. The third-order valence-corrected chi connectivity index (χ3v) is 9.86. The van der Waals surface area contributed by atoms with Crippen molar-refractivity contribution in [3.63, 3.8) is 0 Å². The van der Waals surface area contributed by atoms with Crippen molar-refractivity contribution in [1.29, 1.82) is 0 Å². The van der Waals surface area contributed by atoms with Crippen LogP contribution in [0.3, 0.4) is 0 Å². The highest BCUT2D eigenvalue weighted by molar-refractivity contribution is 4.95. The van der Waals surface area contributed by atoms with E-state index in [9.17, 15) is 5.11 Å². The Bertz CT molecular complexity index is 632. The zero-order valence-corrected chi connectivity index (χ0v) is 22.0. The van der Waals surface area contributed by atoms with Crippen LogP contribution in [0.15, 0.2) is 0 Å². The van der Waals surface area contributed by atoms with Gasteiger partial charge in [-0.1, -0.05) is 58.3 Å². The fourth-order valence-electron chi connectivity index (χ4n) is 7.85. The molecule has 0 saturated carbocycles. The van der Waals surface area contributed by atoms with E-state index in [1.807, 2.05) is 0 Å². The van der Waals surface area contributed by atoms with Crippen LogP contribution >= 0.6 is 0 Å². The van der Waals surface area contributed by atoms with Crippen molar-refractivity contribution in [1.82, 2.24) is 9.80 Å². The summed E-state index contributed by atoms with van der Waals surface area (Å²) >= 11 is 0. The molecule has 0 radical (unpaired) electrons. The van der Waals surface area contributed by atoms with Crippen molar-refractivity contribution in [2.24, 2.45) is 11.8 Å². The highest BCUT2D eigenvalue weighted by Crippen LogP contribution is 2.39. The molecule has 5 fully saturated rings. The van der Waals surface area contributed by atoms with Crippen LogP contribution in [-0.4, -0.2) is 71.4 Å². The number of ether oxygens (including phenoxy) is 2. The van der Waals surface area contributed by atoms with Crippen LogP contribution < -0.4 is 0 Å². The lowest BCUT2D eigenvalue weighted by molar-refractivity contribution is -0.245. The van der Waals surface area contributed by atoms with Gasteiger partial charge in [0.2, 0.25) is 0 Å². The summed E-state index contributed by atoms with van der Waals surface area (Å²) in [6.07, 6.45) is 21.7. The molecule has 0 aromatic carbocycles. The molecule has 0 amide bonds. The van der Waals surface area contributed by atoms with Gasteiger partial charge in [-0.3, -0.25) is 9.80 Å². The number of fused-ring (bicyclic) bond motifs is 2. The first-order chi connectivity index (χ1) is 16.6. The van der Waals surface area contributed by atoms with Gasteiger partial charge in [-0.25, -0.2) is 0 Å². The molecule has 0 spiro atoms. The van der Waals surface area contributed by atoms with Crippen LogP contribution in [0.25, 0.3) is 0 Å². The van der Waals surface area contributed by atoms with Gasteiger partial charge in [0.05, 0.1) is 12.2 Å². The quantitative estimate of drug-likeness (QED) is 0.486. The minimum atomic E-state index is -0.641. The average Bonchev–Trinajstić information content (AvgIpc) is 2.83. The second kappa shape index (κ2) is 11.9. The molecule has 196 valence electrons. The largest absolute Gasteiger partial charge is 0.386 e. The summed E-state index contributed by atoms with van der Waals surface area (Å²) in [5.41, 5.74) is -0.641. The van der Waals surface area contributed by atoms with Crippen LogP contribution in [0.5, 0.6) is 0 Å². The Morgan fingerprint density at radius 1 is 0.676 bits per heavy atom. The molecule has 5 rings (SSSR count). The Balaban J connectivity index is 1.20. The molecule has 4 bridgehead atoms. The van der Waals surface area contributed by atoms with Crippen molar-refractivity contribution < 1.29 is 14.6 Å². The van der Waals surface area contributed by atoms with Gasteiger partial charge in [0.25, 0.3) is 0 Å². The summed E-state index contributed by atoms with van der Waals surface area (Å²) in [7, 11) is 0. The third-order valence-electron chi connectivity index (χ3n) is 9.86. The van der Waals surface area contributed by atoms with Gasteiger partial charge in [0.15, 0.2) is 0 Å². The molecular formula is C29H52N2O3. The molecule has 5 heterocycles. The number of hydrogen-bond acceptors (Lipinski definition) is 5. The number of nitrogens with zero attached hydrogens (tertiary/aromatic N) is 2. The third kappa shape index (κ3) is 6.02. The standard InChI is InChI=1S/C29H52N2O3/c1-23-22-31-19-10-13-24-12-6-2-3-7-14-25-16-21-30-20-11-18-29(32,28(30)33-25)17-9-5-4-8-15-26(23)34-27(24)31/h23-28,32H,2-22H2,1H3/t23-,24-,25+,26+,27+,28+,29+/m1/s1. The van der Waals surface area contributed by atoms with Crippen LogP contribution in [0.2, 0.25) is 0 Å². The molecule has 0 unspecified atom stereocenters. The van der Waals surface area contributed by atoms with Gasteiger partial charge in [-0.05, 0) is 69.6 Å². The molecule has 5 saturated heterocycles. The fraction of sp³-hybridized carbons (Fsp3) is 1.00. The Labute approximate surface area is 208 Å². The zero-order chi connectivity index (χ0) is 23.4. The van der Waals surface area contributed by atoms with Crippen LogP contribution in [0.1, 0.15) is 116 Å². The van der Waals surface area contributed by atoms with E-state index in [-0.39, 0.29) is 6.23 Å². The van der Waals surface area contributed by atoms with Crippen molar-refractivity contribution >= 4 is 0 Å². The van der Waals surface area contributed by atoms with Gasteiger partial charge >= 0.3 is 0 Å². The first-order valence-electron chi connectivity index (χ1n) is 15.1. The normalized spacial score (nSPS) is 44.3. The maximum atomic E-state index is 11.6. The molecule has 0 aliphatic carbocycles.